The number of nitrogens with zero attached hydrogens (tertiary/aromatic N) is 2. The molecule has 0 aliphatic carbocycles. The highest BCUT2D eigenvalue weighted by Crippen LogP contribution is 2.25. The van der Waals surface area contributed by atoms with Crippen molar-refractivity contribution in [1.82, 2.24) is 4.90 Å². The third-order valence-electron chi connectivity index (χ3n) is 3.70. The zero-order valence-electron chi connectivity index (χ0n) is 11.3. The molecule has 1 heterocycles. The average Bonchev–Trinajstić information content (AvgIpc) is 2.44. The number of benzene rings is 1. The molecular formula is C14H19N3O2. The summed E-state index contributed by atoms with van der Waals surface area (Å²) in [4.78, 5) is 14.2. The molecule has 0 fully saturated rings. The second-order valence-electron chi connectivity index (χ2n) is 5.36. The van der Waals surface area contributed by atoms with Gasteiger partial charge in [0.05, 0.1) is 0 Å². The topological polar surface area (TPSA) is 78.9 Å². The Morgan fingerprint density at radius 1 is 1.37 bits per heavy atom. The van der Waals surface area contributed by atoms with E-state index >= 15 is 0 Å². The van der Waals surface area contributed by atoms with Gasteiger partial charge in [-0.25, -0.2) is 0 Å². The number of hydrogen-bond donors (Lipinski definition) is 2. The summed E-state index contributed by atoms with van der Waals surface area (Å²) in [5.74, 6) is -0.173. The second-order valence-corrected chi connectivity index (χ2v) is 5.36. The Bertz CT molecular complexity index is 523. The van der Waals surface area contributed by atoms with Gasteiger partial charge in [0.1, 0.15) is 5.41 Å². The van der Waals surface area contributed by atoms with Gasteiger partial charge in [-0.3, -0.25) is 4.79 Å². The summed E-state index contributed by atoms with van der Waals surface area (Å²) in [5, 5.41) is 11.7. The van der Waals surface area contributed by atoms with Crippen molar-refractivity contribution in [2.24, 2.45) is 16.3 Å². The largest absolute Gasteiger partial charge is 0.409 e. The van der Waals surface area contributed by atoms with E-state index < -0.39 is 5.41 Å². The molecule has 1 aromatic rings. The number of hydrogen-bond acceptors (Lipinski definition) is 3. The Hall–Kier alpha value is -2.04. The van der Waals surface area contributed by atoms with Crippen LogP contribution in [0.15, 0.2) is 29.4 Å². The van der Waals surface area contributed by atoms with E-state index in [9.17, 15) is 4.79 Å². The van der Waals surface area contributed by atoms with Crippen LogP contribution in [0.3, 0.4) is 0 Å². The second kappa shape index (κ2) is 4.91. The summed E-state index contributed by atoms with van der Waals surface area (Å²) in [6.45, 7) is 4.59. The molecule has 0 saturated heterocycles. The predicted molar refractivity (Wildman–Crippen MR) is 72.8 cm³/mol. The molecule has 1 amide bonds. The van der Waals surface area contributed by atoms with Gasteiger partial charge in [-0.15, -0.1) is 0 Å². The Morgan fingerprint density at radius 2 is 2.00 bits per heavy atom. The third kappa shape index (κ3) is 2.41. The van der Waals surface area contributed by atoms with E-state index in [0.717, 1.165) is 12.0 Å². The van der Waals surface area contributed by atoms with Crippen molar-refractivity contribution in [3.05, 3.63) is 35.4 Å². The van der Waals surface area contributed by atoms with Crippen LogP contribution >= 0.6 is 0 Å². The minimum atomic E-state index is -0.985. The van der Waals surface area contributed by atoms with Crippen LogP contribution in [0.25, 0.3) is 0 Å². The molecule has 0 aromatic heterocycles. The molecular weight excluding hydrogens is 242 g/mol. The summed E-state index contributed by atoms with van der Waals surface area (Å²) in [6.07, 6.45) is 0.841. The fourth-order valence-corrected chi connectivity index (χ4v) is 2.30. The van der Waals surface area contributed by atoms with Crippen LogP contribution in [0.2, 0.25) is 0 Å². The lowest BCUT2D eigenvalue weighted by atomic mass is 9.88. The number of fused-ring (bicyclic) bond motifs is 1. The van der Waals surface area contributed by atoms with E-state index in [1.54, 1.807) is 18.7 Å². The van der Waals surface area contributed by atoms with Gasteiger partial charge in [0, 0.05) is 13.1 Å². The van der Waals surface area contributed by atoms with Gasteiger partial charge in [-0.05, 0) is 31.4 Å². The van der Waals surface area contributed by atoms with Crippen LogP contribution in [-0.2, 0) is 17.8 Å². The van der Waals surface area contributed by atoms with Gasteiger partial charge in [0.15, 0.2) is 5.84 Å². The minimum Gasteiger partial charge on any atom is -0.409 e. The smallest absolute Gasteiger partial charge is 0.236 e. The zero-order valence-corrected chi connectivity index (χ0v) is 11.3. The van der Waals surface area contributed by atoms with Crippen LogP contribution in [0, 0.1) is 5.41 Å². The Labute approximate surface area is 112 Å². The standard InChI is InChI=1S/C14H19N3O2/c1-14(2,12(15)16-19)13(18)17-8-7-10-5-3-4-6-11(10)9-17/h3-6,19H,7-9H2,1-2H3,(H2,15,16). The van der Waals surface area contributed by atoms with Gasteiger partial charge >= 0.3 is 0 Å². The summed E-state index contributed by atoms with van der Waals surface area (Å²) in [7, 11) is 0. The maximum atomic E-state index is 12.5. The molecule has 1 aliphatic rings. The first-order chi connectivity index (χ1) is 8.96. The number of carbonyl (C=O) groups is 1. The Balaban J connectivity index is 2.20. The van der Waals surface area contributed by atoms with Gasteiger partial charge in [-0.2, -0.15) is 0 Å². The van der Waals surface area contributed by atoms with Crippen molar-refractivity contribution in [2.45, 2.75) is 26.8 Å². The quantitative estimate of drug-likeness (QED) is 0.365. The molecule has 0 unspecified atom stereocenters. The van der Waals surface area contributed by atoms with Crippen molar-refractivity contribution in [3.63, 3.8) is 0 Å². The number of amidine groups is 1. The number of rotatable bonds is 2. The average molecular weight is 261 g/mol. The van der Waals surface area contributed by atoms with E-state index in [0.29, 0.717) is 13.1 Å². The van der Waals surface area contributed by atoms with Crippen LogP contribution in [0.5, 0.6) is 0 Å². The van der Waals surface area contributed by atoms with Crippen molar-refractivity contribution < 1.29 is 10.0 Å². The van der Waals surface area contributed by atoms with E-state index in [1.807, 2.05) is 18.2 Å². The third-order valence-corrected chi connectivity index (χ3v) is 3.70. The SMILES string of the molecule is CC(C)(C(=O)N1CCc2ccccc2C1)C(N)=NO. The molecule has 19 heavy (non-hydrogen) atoms. The molecule has 3 N–H and O–H groups in total. The minimum absolute atomic E-state index is 0.0589. The number of amides is 1. The number of oxime groups is 1. The Kier molecular flexibility index (Phi) is 3.46. The number of nitrogens with two attached hydrogens (primary N) is 1. The highest BCUT2D eigenvalue weighted by atomic mass is 16.4. The lowest BCUT2D eigenvalue weighted by Crippen LogP contribution is -2.49. The summed E-state index contributed by atoms with van der Waals surface area (Å²) in [6, 6.07) is 8.11. The first-order valence-corrected chi connectivity index (χ1v) is 6.31. The molecule has 5 heteroatoms. The molecule has 0 atom stereocenters. The molecule has 102 valence electrons. The van der Waals surface area contributed by atoms with Gasteiger partial charge in [0.25, 0.3) is 0 Å². The zero-order chi connectivity index (χ0) is 14.0. The Morgan fingerprint density at radius 3 is 2.63 bits per heavy atom. The normalized spacial score (nSPS) is 16.1. The predicted octanol–water partition coefficient (Wildman–Crippen LogP) is 1.34. The fraction of sp³-hybridized carbons (Fsp3) is 0.429. The molecule has 2 rings (SSSR count). The van der Waals surface area contributed by atoms with Crippen molar-refractivity contribution in [2.75, 3.05) is 6.54 Å². The van der Waals surface area contributed by atoms with Crippen molar-refractivity contribution in [3.8, 4) is 0 Å². The van der Waals surface area contributed by atoms with E-state index in [-0.39, 0.29) is 11.7 Å². The first-order valence-electron chi connectivity index (χ1n) is 6.31. The molecule has 0 radical (unpaired) electrons. The summed E-state index contributed by atoms with van der Waals surface area (Å²) < 4.78 is 0. The van der Waals surface area contributed by atoms with E-state index in [4.69, 9.17) is 10.9 Å². The monoisotopic (exact) mass is 261 g/mol. The lowest BCUT2D eigenvalue weighted by Gasteiger charge is -2.34. The van der Waals surface area contributed by atoms with E-state index in [1.165, 1.54) is 5.56 Å². The first kappa shape index (κ1) is 13.4. The fourth-order valence-electron chi connectivity index (χ4n) is 2.30. The maximum absolute atomic E-state index is 12.5. The van der Waals surface area contributed by atoms with E-state index in [2.05, 4.69) is 11.2 Å². The maximum Gasteiger partial charge on any atom is 0.236 e. The lowest BCUT2D eigenvalue weighted by molar-refractivity contribution is -0.138. The van der Waals surface area contributed by atoms with Crippen LogP contribution in [-0.4, -0.2) is 28.4 Å². The molecule has 1 aliphatic heterocycles. The molecule has 5 nitrogen and oxygen atoms in total. The molecule has 0 spiro atoms. The van der Waals surface area contributed by atoms with Crippen molar-refractivity contribution in [1.29, 1.82) is 0 Å². The number of carbonyl (C=O) groups excluding carboxylic acids is 1. The molecule has 1 aromatic carbocycles. The van der Waals surface area contributed by atoms with Gasteiger partial charge < -0.3 is 15.8 Å². The van der Waals surface area contributed by atoms with Crippen LogP contribution in [0.1, 0.15) is 25.0 Å². The summed E-state index contributed by atoms with van der Waals surface area (Å²) >= 11 is 0. The highest BCUT2D eigenvalue weighted by Gasteiger charge is 2.37. The van der Waals surface area contributed by atoms with Gasteiger partial charge in [0.2, 0.25) is 5.91 Å². The van der Waals surface area contributed by atoms with Gasteiger partial charge in [-0.1, -0.05) is 29.4 Å². The van der Waals surface area contributed by atoms with Crippen LogP contribution < -0.4 is 5.73 Å². The van der Waals surface area contributed by atoms with Crippen molar-refractivity contribution >= 4 is 11.7 Å². The summed E-state index contributed by atoms with van der Waals surface area (Å²) in [5.41, 5.74) is 7.07. The highest BCUT2D eigenvalue weighted by molar-refractivity contribution is 6.05. The molecule has 0 saturated carbocycles. The van der Waals surface area contributed by atoms with Crippen LogP contribution in [0.4, 0.5) is 0 Å². The molecule has 0 bridgehead atoms.